The van der Waals surface area contributed by atoms with Gasteiger partial charge in [-0.2, -0.15) is 0 Å². The minimum Gasteiger partial charge on any atom is -0.394 e. The average molecular weight is 520 g/mol. The number of thioether (sulfide) groups is 1. The second kappa shape index (κ2) is 12.6. The fourth-order valence-corrected chi connectivity index (χ4v) is 8.75. The lowest BCUT2D eigenvalue weighted by Gasteiger charge is -2.39. The van der Waals surface area contributed by atoms with Gasteiger partial charge in [-0.1, -0.05) is 45.8 Å². The van der Waals surface area contributed by atoms with Crippen molar-refractivity contribution < 1.29 is 19.5 Å². The maximum Gasteiger partial charge on any atom is 0.247 e. The zero-order chi connectivity index (χ0) is 26.5. The van der Waals surface area contributed by atoms with Gasteiger partial charge in [0.05, 0.1) is 29.2 Å². The maximum absolute atomic E-state index is 14.2. The summed E-state index contributed by atoms with van der Waals surface area (Å²) < 4.78 is -0.627. The Balaban J connectivity index is 2.03. The fraction of sp³-hybridized carbons (Fsp3) is 0.750. The van der Waals surface area contributed by atoms with Crippen molar-refractivity contribution in [3.63, 3.8) is 0 Å². The number of carbonyl (C=O) groups is 3. The van der Waals surface area contributed by atoms with Crippen LogP contribution in [0.15, 0.2) is 25.3 Å². The number of fused-ring (bicyclic) bond motifs is 1. The molecule has 1 spiro atoms. The molecule has 0 aliphatic carbocycles. The van der Waals surface area contributed by atoms with Crippen LogP contribution >= 0.6 is 11.8 Å². The monoisotopic (exact) mass is 519 g/mol. The van der Waals surface area contributed by atoms with Gasteiger partial charge in [-0.3, -0.25) is 14.4 Å². The Morgan fingerprint density at radius 1 is 1.11 bits per heavy atom. The number of likely N-dealkylation sites (tertiary alicyclic amines) is 1. The minimum atomic E-state index is -0.666. The summed E-state index contributed by atoms with van der Waals surface area (Å²) in [6, 6.07) is -1.11. The minimum absolute atomic E-state index is 0.00478. The van der Waals surface area contributed by atoms with E-state index in [2.05, 4.69) is 20.1 Å². The average Bonchev–Trinajstić information content (AvgIpc) is 3.51. The predicted octanol–water partition coefficient (Wildman–Crippen LogP) is 3.48. The number of aliphatic hydroxyl groups excluding tert-OH is 1. The predicted molar refractivity (Wildman–Crippen MR) is 145 cm³/mol. The lowest BCUT2D eigenvalue weighted by atomic mass is 9.70. The molecule has 3 amide bonds. The highest BCUT2D eigenvalue weighted by Gasteiger charge is 2.74. The van der Waals surface area contributed by atoms with Gasteiger partial charge in [-0.05, 0) is 32.1 Å². The number of nitrogens with zero attached hydrogens (tertiary/aromatic N) is 3. The molecule has 6 atom stereocenters. The molecule has 2 unspecified atom stereocenters. The molecule has 0 aromatic carbocycles. The van der Waals surface area contributed by atoms with E-state index in [9.17, 15) is 19.5 Å². The number of amides is 3. The second-order valence-electron chi connectivity index (χ2n) is 10.4. The molecule has 3 saturated heterocycles. The van der Waals surface area contributed by atoms with Crippen molar-refractivity contribution in [2.75, 3.05) is 32.8 Å². The maximum atomic E-state index is 14.2. The summed E-state index contributed by atoms with van der Waals surface area (Å²) in [5, 5.41) is 10.3. The van der Waals surface area contributed by atoms with Crippen LogP contribution in [0.4, 0.5) is 0 Å². The standard InChI is InChI=1S/C28H45N3O4S/c1-6-11-12-18-30(17-9-4)27(35)24-28-14-13-21(36-28)22(25(33)29(15-7-2)16-8-3)23(28)26(34)31(24)20(10-5)19-32/h7,9,20-24,32H,2,4,6,8,10-19H2,1,3,5H3/t20-,21+,22-,23-,24?,28?/m0/s1. The van der Waals surface area contributed by atoms with Crippen molar-refractivity contribution in [2.45, 2.75) is 87.8 Å². The van der Waals surface area contributed by atoms with Gasteiger partial charge in [0.25, 0.3) is 0 Å². The van der Waals surface area contributed by atoms with E-state index in [-0.39, 0.29) is 29.6 Å². The molecule has 3 rings (SSSR count). The number of hydrogen-bond donors (Lipinski definition) is 1. The molecule has 8 heteroatoms. The zero-order valence-corrected chi connectivity index (χ0v) is 23.2. The van der Waals surface area contributed by atoms with Crippen LogP contribution in [-0.2, 0) is 14.4 Å². The van der Waals surface area contributed by atoms with E-state index in [0.29, 0.717) is 32.6 Å². The van der Waals surface area contributed by atoms with E-state index in [0.717, 1.165) is 38.5 Å². The second-order valence-corrected chi connectivity index (χ2v) is 12.0. The highest BCUT2D eigenvalue weighted by molar-refractivity contribution is 8.02. The molecule has 0 saturated carbocycles. The molecule has 7 nitrogen and oxygen atoms in total. The molecule has 0 aromatic heterocycles. The zero-order valence-electron chi connectivity index (χ0n) is 22.4. The summed E-state index contributed by atoms with van der Waals surface area (Å²) in [5.74, 6) is -1.16. The molecule has 36 heavy (non-hydrogen) atoms. The van der Waals surface area contributed by atoms with Crippen LogP contribution in [0.3, 0.4) is 0 Å². The summed E-state index contributed by atoms with van der Waals surface area (Å²) in [7, 11) is 0. The van der Waals surface area contributed by atoms with E-state index in [1.54, 1.807) is 28.8 Å². The lowest BCUT2D eigenvalue weighted by molar-refractivity contribution is -0.147. The molecule has 0 radical (unpaired) electrons. The molecular formula is C28H45N3O4S. The van der Waals surface area contributed by atoms with Crippen LogP contribution in [0.2, 0.25) is 0 Å². The van der Waals surface area contributed by atoms with Gasteiger partial charge in [-0.15, -0.1) is 24.9 Å². The third-order valence-electron chi connectivity index (χ3n) is 8.18. The Hall–Kier alpha value is -1.80. The van der Waals surface area contributed by atoms with Crippen LogP contribution in [0.25, 0.3) is 0 Å². The van der Waals surface area contributed by atoms with E-state index in [1.165, 1.54) is 0 Å². The summed E-state index contributed by atoms with van der Waals surface area (Å²) in [4.78, 5) is 47.6. The molecule has 3 fully saturated rings. The van der Waals surface area contributed by atoms with Crippen LogP contribution < -0.4 is 0 Å². The number of hydrogen-bond acceptors (Lipinski definition) is 5. The molecule has 202 valence electrons. The van der Waals surface area contributed by atoms with Gasteiger partial charge in [0, 0.05) is 31.4 Å². The molecule has 1 N–H and O–H groups in total. The molecule has 2 bridgehead atoms. The summed E-state index contributed by atoms with van der Waals surface area (Å²) >= 11 is 1.69. The summed E-state index contributed by atoms with van der Waals surface area (Å²) in [6.45, 7) is 15.7. The smallest absolute Gasteiger partial charge is 0.247 e. The lowest BCUT2D eigenvalue weighted by Crippen LogP contribution is -2.57. The number of rotatable bonds is 15. The first kappa shape index (κ1) is 28.8. The number of aliphatic hydroxyl groups is 1. The van der Waals surface area contributed by atoms with Crippen molar-refractivity contribution in [1.29, 1.82) is 0 Å². The van der Waals surface area contributed by atoms with Gasteiger partial charge < -0.3 is 19.8 Å². The van der Waals surface area contributed by atoms with Crippen molar-refractivity contribution >= 4 is 29.5 Å². The van der Waals surface area contributed by atoms with Crippen molar-refractivity contribution in [3.05, 3.63) is 25.3 Å². The van der Waals surface area contributed by atoms with Gasteiger partial charge in [0.2, 0.25) is 17.7 Å². The number of unbranched alkanes of at least 4 members (excludes halogenated alkanes) is 2. The Morgan fingerprint density at radius 3 is 2.33 bits per heavy atom. The van der Waals surface area contributed by atoms with E-state index >= 15 is 0 Å². The van der Waals surface area contributed by atoms with Crippen LogP contribution in [0, 0.1) is 11.8 Å². The Bertz CT molecular complexity index is 832. The topological polar surface area (TPSA) is 81.2 Å². The third-order valence-corrected chi connectivity index (χ3v) is 10.1. The van der Waals surface area contributed by atoms with E-state index in [4.69, 9.17) is 0 Å². The first-order chi connectivity index (χ1) is 17.4. The molecular weight excluding hydrogens is 474 g/mol. The summed E-state index contributed by atoms with van der Waals surface area (Å²) in [5.41, 5.74) is 0. The van der Waals surface area contributed by atoms with Crippen LogP contribution in [-0.4, -0.2) is 92.4 Å². The van der Waals surface area contributed by atoms with Gasteiger partial charge in [0.1, 0.15) is 6.04 Å². The first-order valence-corrected chi connectivity index (χ1v) is 14.6. The van der Waals surface area contributed by atoms with Crippen molar-refractivity contribution in [3.8, 4) is 0 Å². The molecule has 3 aliphatic rings. The normalized spacial score (nSPS) is 29.2. The largest absolute Gasteiger partial charge is 0.394 e. The van der Waals surface area contributed by atoms with Gasteiger partial charge >= 0.3 is 0 Å². The van der Waals surface area contributed by atoms with Gasteiger partial charge in [-0.25, -0.2) is 0 Å². The van der Waals surface area contributed by atoms with Gasteiger partial charge in [0.15, 0.2) is 0 Å². The van der Waals surface area contributed by atoms with E-state index in [1.807, 2.05) is 23.6 Å². The Labute approximate surface area is 221 Å². The van der Waals surface area contributed by atoms with Crippen molar-refractivity contribution in [1.82, 2.24) is 14.7 Å². The highest BCUT2D eigenvalue weighted by Crippen LogP contribution is 2.67. The quantitative estimate of drug-likeness (QED) is 0.265. The Morgan fingerprint density at radius 2 is 1.78 bits per heavy atom. The number of carbonyl (C=O) groups excluding carboxylic acids is 3. The van der Waals surface area contributed by atoms with Crippen LogP contribution in [0.5, 0.6) is 0 Å². The molecule has 0 aromatic rings. The molecule has 3 heterocycles. The molecule has 3 aliphatic heterocycles. The Kier molecular flexibility index (Phi) is 10.1. The van der Waals surface area contributed by atoms with E-state index < -0.39 is 28.7 Å². The highest BCUT2D eigenvalue weighted by atomic mass is 32.2. The van der Waals surface area contributed by atoms with Crippen molar-refractivity contribution in [2.24, 2.45) is 11.8 Å². The van der Waals surface area contributed by atoms with Crippen LogP contribution in [0.1, 0.15) is 65.7 Å². The summed E-state index contributed by atoms with van der Waals surface area (Å²) in [6.07, 6.45) is 9.41. The SMILES string of the molecule is C=CCN(CCCCC)C(=O)C1N([C@@H](CC)CO)C(=O)[C@@H]2[C@@H](C(=O)N(CC=C)CCC)[C@H]3CCC12S3. The fourth-order valence-electron chi connectivity index (χ4n) is 6.56. The third kappa shape index (κ3) is 5.00. The first-order valence-electron chi connectivity index (χ1n) is 13.8.